The van der Waals surface area contributed by atoms with Crippen LogP contribution in [-0.2, 0) is 24.9 Å². The van der Waals surface area contributed by atoms with Crippen LogP contribution in [0.15, 0.2) is 54.4 Å². The van der Waals surface area contributed by atoms with E-state index in [0.29, 0.717) is 6.08 Å². The number of hydrogen-bond acceptors (Lipinski definition) is 3. The van der Waals surface area contributed by atoms with Crippen molar-refractivity contribution < 1.29 is 43.2 Å². The van der Waals surface area contributed by atoms with Gasteiger partial charge in [0, 0.05) is 38.8 Å². The summed E-state index contributed by atoms with van der Waals surface area (Å²) < 4.78 is 37.4. The number of carbonyl (C=O) groups is 1. The molecule has 1 fully saturated rings. The molecule has 7 heteroatoms. The number of rotatable bonds is 6. The summed E-state index contributed by atoms with van der Waals surface area (Å²) in [5.41, 5.74) is 3.61. The third kappa shape index (κ3) is 8.50. The average molecular weight is 731 g/mol. The molecule has 0 aliphatic heterocycles. The standard InChI is InChI=1S/C22H22N.C11H17F3O2.Ir/c1-15-11-16(2)13-20(12-15)22-21-8-7-18(17-5-3-4-6-17)14-19(21)9-10-23-22;1-7(2)5-8(15)6-9(16)10(3,4)11(12,13)14;/h7-12,14,17H,3-6H2,1-2H3;6-7,15H,5H2,1-4H3;/q-1;;/b;8-6-;. The number of aryl methyl sites for hydroxylation is 2. The molecule has 3 nitrogen and oxygen atoms in total. The van der Waals surface area contributed by atoms with Crippen molar-refractivity contribution in [1.82, 2.24) is 4.98 Å². The van der Waals surface area contributed by atoms with Crippen LogP contribution in [0.1, 0.15) is 82.4 Å². The molecular weight excluding hydrogens is 692 g/mol. The second kappa shape index (κ2) is 13.9. The zero-order valence-corrected chi connectivity index (χ0v) is 26.5. The number of alkyl halides is 3. The Kier molecular flexibility index (Phi) is 11.7. The van der Waals surface area contributed by atoms with Crippen LogP contribution in [0, 0.1) is 31.2 Å². The van der Waals surface area contributed by atoms with Gasteiger partial charge in [-0.05, 0) is 66.6 Å². The molecule has 2 aromatic carbocycles. The van der Waals surface area contributed by atoms with Crippen molar-refractivity contribution in [2.45, 2.75) is 85.7 Å². The van der Waals surface area contributed by atoms with Gasteiger partial charge in [0.25, 0.3) is 0 Å². The number of carbonyl (C=O) groups excluding carboxylic acids is 1. The fourth-order valence-electron chi connectivity index (χ4n) is 4.90. The Balaban J connectivity index is 0.000000294. The van der Waals surface area contributed by atoms with Crippen molar-refractivity contribution in [2.75, 3.05) is 0 Å². The van der Waals surface area contributed by atoms with E-state index in [0.717, 1.165) is 31.0 Å². The number of benzene rings is 2. The van der Waals surface area contributed by atoms with E-state index in [1.807, 2.05) is 6.20 Å². The Morgan fingerprint density at radius 3 is 2.33 bits per heavy atom. The Bertz CT molecular complexity index is 1320. The second-order valence-corrected chi connectivity index (χ2v) is 11.6. The zero-order valence-electron chi connectivity index (χ0n) is 24.1. The number of aliphatic hydroxyl groups excluding tert-OH is 1. The molecule has 0 saturated heterocycles. The molecule has 0 bridgehead atoms. The van der Waals surface area contributed by atoms with E-state index in [-0.39, 0.29) is 38.2 Å². The van der Waals surface area contributed by atoms with Crippen LogP contribution in [0.4, 0.5) is 13.2 Å². The monoisotopic (exact) mass is 731 g/mol. The summed E-state index contributed by atoms with van der Waals surface area (Å²) >= 11 is 0. The van der Waals surface area contributed by atoms with E-state index < -0.39 is 17.4 Å². The molecule has 0 atom stereocenters. The molecule has 40 heavy (non-hydrogen) atoms. The first-order chi connectivity index (χ1) is 18.2. The SMILES string of the molecule is CC(C)C/C(O)=C/C(=O)C(C)(C)C(F)(F)F.Cc1[c-]c(-c2nccc3cc(C4CCCC4)ccc23)cc(C)c1.[Ir]. The predicted octanol–water partition coefficient (Wildman–Crippen LogP) is 9.61. The number of ketones is 1. The summed E-state index contributed by atoms with van der Waals surface area (Å²) in [5.74, 6) is -0.600. The van der Waals surface area contributed by atoms with Gasteiger partial charge < -0.3 is 10.1 Å². The van der Waals surface area contributed by atoms with Crippen molar-refractivity contribution in [2.24, 2.45) is 11.3 Å². The van der Waals surface area contributed by atoms with Gasteiger partial charge in [0.2, 0.25) is 0 Å². The Morgan fingerprint density at radius 2 is 1.75 bits per heavy atom. The van der Waals surface area contributed by atoms with Crippen LogP contribution in [-0.4, -0.2) is 22.1 Å². The third-order valence-corrected chi connectivity index (χ3v) is 7.26. The number of aliphatic hydroxyl groups is 1. The van der Waals surface area contributed by atoms with Crippen LogP contribution in [0.25, 0.3) is 22.0 Å². The summed E-state index contributed by atoms with van der Waals surface area (Å²) in [6.45, 7) is 9.42. The molecule has 1 heterocycles. The van der Waals surface area contributed by atoms with Gasteiger partial charge >= 0.3 is 6.18 Å². The van der Waals surface area contributed by atoms with E-state index in [2.05, 4.69) is 61.3 Å². The van der Waals surface area contributed by atoms with Gasteiger partial charge in [-0.2, -0.15) is 13.2 Å². The molecule has 1 aliphatic rings. The second-order valence-electron chi connectivity index (χ2n) is 11.6. The summed E-state index contributed by atoms with van der Waals surface area (Å²) in [7, 11) is 0. The Hall–Kier alpha value is -2.50. The van der Waals surface area contributed by atoms with E-state index in [1.54, 1.807) is 13.8 Å². The fourth-order valence-corrected chi connectivity index (χ4v) is 4.90. The van der Waals surface area contributed by atoms with Crippen molar-refractivity contribution in [1.29, 1.82) is 0 Å². The van der Waals surface area contributed by atoms with Crippen LogP contribution >= 0.6 is 0 Å². The number of allylic oxidation sites excluding steroid dienone is 2. The van der Waals surface area contributed by atoms with Gasteiger partial charge in [-0.3, -0.25) is 4.79 Å². The van der Waals surface area contributed by atoms with Gasteiger partial charge in [-0.15, -0.1) is 34.9 Å². The largest absolute Gasteiger partial charge is 0.512 e. The summed E-state index contributed by atoms with van der Waals surface area (Å²) in [6, 6.07) is 16.9. The smallest absolute Gasteiger partial charge is 0.401 e. The van der Waals surface area contributed by atoms with Crippen LogP contribution in [0.2, 0.25) is 0 Å². The number of hydrogen-bond donors (Lipinski definition) is 1. The maximum atomic E-state index is 12.5. The van der Waals surface area contributed by atoms with E-state index >= 15 is 0 Å². The van der Waals surface area contributed by atoms with Crippen LogP contribution < -0.4 is 0 Å². The molecular formula is C33H39F3IrNO2-. The van der Waals surface area contributed by atoms with E-state index in [9.17, 15) is 23.1 Å². The molecule has 0 unspecified atom stereocenters. The number of pyridine rings is 1. The summed E-state index contributed by atoms with van der Waals surface area (Å²) in [4.78, 5) is 16.0. The van der Waals surface area contributed by atoms with Gasteiger partial charge in [0.15, 0.2) is 5.78 Å². The maximum Gasteiger partial charge on any atom is 0.401 e. The molecule has 1 saturated carbocycles. The molecule has 4 rings (SSSR count). The molecule has 3 aromatic rings. The minimum atomic E-state index is -4.61. The molecule has 1 aromatic heterocycles. The minimum absolute atomic E-state index is 0. The molecule has 1 aliphatic carbocycles. The topological polar surface area (TPSA) is 50.2 Å². The van der Waals surface area contributed by atoms with Gasteiger partial charge in [-0.1, -0.05) is 58.7 Å². The van der Waals surface area contributed by atoms with Gasteiger partial charge in [0.1, 0.15) is 5.41 Å². The fraction of sp³-hybridized carbons (Fsp3) is 0.455. The quantitative estimate of drug-likeness (QED) is 0.156. The molecule has 1 N–H and O–H groups in total. The number of aromatic nitrogens is 1. The maximum absolute atomic E-state index is 12.5. The summed E-state index contributed by atoms with van der Waals surface area (Å²) in [6.07, 6.45) is 3.62. The zero-order chi connectivity index (χ0) is 29.0. The third-order valence-electron chi connectivity index (χ3n) is 7.26. The summed E-state index contributed by atoms with van der Waals surface area (Å²) in [5, 5.41) is 11.8. The number of nitrogens with zero attached hydrogens (tertiary/aromatic N) is 1. The van der Waals surface area contributed by atoms with Gasteiger partial charge in [0.05, 0.1) is 5.76 Å². The predicted molar refractivity (Wildman–Crippen MR) is 152 cm³/mol. The van der Waals surface area contributed by atoms with Crippen LogP contribution in [0.5, 0.6) is 0 Å². The molecule has 0 spiro atoms. The minimum Gasteiger partial charge on any atom is -0.512 e. The molecule has 219 valence electrons. The molecule has 0 amide bonds. The number of fused-ring (bicyclic) bond motifs is 1. The van der Waals surface area contributed by atoms with E-state index in [4.69, 9.17) is 0 Å². The average Bonchev–Trinajstić information content (AvgIpc) is 3.37. The first-order valence-electron chi connectivity index (χ1n) is 13.6. The van der Waals surface area contributed by atoms with Crippen molar-refractivity contribution in [3.63, 3.8) is 0 Å². The number of halogens is 3. The van der Waals surface area contributed by atoms with Crippen LogP contribution in [0.3, 0.4) is 0 Å². The van der Waals surface area contributed by atoms with E-state index in [1.165, 1.54) is 53.1 Å². The van der Waals surface area contributed by atoms with Crippen molar-refractivity contribution >= 4 is 16.6 Å². The molecule has 1 radical (unpaired) electrons. The first kappa shape index (κ1) is 33.7. The van der Waals surface area contributed by atoms with Gasteiger partial charge in [-0.25, -0.2) is 0 Å². The van der Waals surface area contributed by atoms with Crippen molar-refractivity contribution in [3.8, 4) is 11.3 Å². The normalized spacial score (nSPS) is 14.6. The van der Waals surface area contributed by atoms with Crippen molar-refractivity contribution in [3.05, 3.63) is 77.2 Å². The Morgan fingerprint density at radius 1 is 1.10 bits per heavy atom. The Labute approximate surface area is 249 Å². The first-order valence-corrected chi connectivity index (χ1v) is 13.6.